The van der Waals surface area contributed by atoms with Gasteiger partial charge in [-0.3, -0.25) is 4.79 Å². The SMILES string of the molecule is CC(=O)[C@]1(O)CC[C@@]2(O)[C@]1(C)[C@H](OC(=O)/C=C(\C)C(C)C)C[C@H]1[C@@]3(C)CC[C@H](O)CC3=CC[C@@]12O. The molecule has 0 aliphatic heterocycles. The van der Waals surface area contributed by atoms with Crippen LogP contribution in [0.1, 0.15) is 86.5 Å². The maximum atomic E-state index is 13.0. The summed E-state index contributed by atoms with van der Waals surface area (Å²) in [5.41, 5.74) is -5.62. The fourth-order valence-electron chi connectivity index (χ4n) is 7.90. The summed E-state index contributed by atoms with van der Waals surface area (Å²) in [7, 11) is 0. The van der Waals surface area contributed by atoms with E-state index in [4.69, 9.17) is 4.74 Å². The van der Waals surface area contributed by atoms with E-state index in [0.29, 0.717) is 19.3 Å². The Morgan fingerprint density at radius 2 is 1.77 bits per heavy atom. The predicted molar refractivity (Wildman–Crippen MR) is 130 cm³/mol. The molecule has 196 valence electrons. The van der Waals surface area contributed by atoms with Crippen LogP contribution in [-0.4, -0.2) is 61.2 Å². The number of rotatable bonds is 4. The Labute approximate surface area is 208 Å². The first-order valence-electron chi connectivity index (χ1n) is 13.0. The number of carbonyl (C=O) groups is 2. The van der Waals surface area contributed by atoms with Gasteiger partial charge in [0.15, 0.2) is 5.78 Å². The molecule has 4 aliphatic rings. The van der Waals surface area contributed by atoms with Gasteiger partial charge in [0.25, 0.3) is 0 Å². The van der Waals surface area contributed by atoms with Gasteiger partial charge in [-0.1, -0.05) is 38.0 Å². The standard InChI is InChI=1S/C28H42O7/c1-16(2)17(3)13-23(31)35-22-15-21-24(5)9-8-20(30)14-19(24)7-10-27(21,33)28(34)12-11-26(32,18(4)29)25(22,28)6/h7,13,16,20-22,30,32-34H,8-12,14-15H2,1-6H3/b17-13+/t20-,21-,22+,24-,25+,26+,27+,28+/m0/s1. The highest BCUT2D eigenvalue weighted by atomic mass is 16.5. The maximum absolute atomic E-state index is 13.0. The van der Waals surface area contributed by atoms with E-state index in [-0.39, 0.29) is 31.6 Å². The normalized spacial score (nSPS) is 47.5. The lowest BCUT2D eigenvalue weighted by Gasteiger charge is -2.67. The topological polar surface area (TPSA) is 124 Å². The summed E-state index contributed by atoms with van der Waals surface area (Å²) in [6.07, 6.45) is 4.01. The average molecular weight is 491 g/mol. The van der Waals surface area contributed by atoms with E-state index in [0.717, 1.165) is 11.1 Å². The van der Waals surface area contributed by atoms with E-state index in [1.54, 1.807) is 6.92 Å². The second kappa shape index (κ2) is 8.23. The van der Waals surface area contributed by atoms with Crippen molar-refractivity contribution in [3.05, 3.63) is 23.3 Å². The molecule has 8 atom stereocenters. The molecule has 3 saturated carbocycles. The molecule has 0 aromatic carbocycles. The molecule has 0 aromatic rings. The van der Waals surface area contributed by atoms with E-state index >= 15 is 0 Å². The number of fused-ring (bicyclic) bond motifs is 5. The zero-order valence-electron chi connectivity index (χ0n) is 21.9. The third kappa shape index (κ3) is 3.38. The zero-order chi connectivity index (χ0) is 26.2. The van der Waals surface area contributed by atoms with E-state index < -0.39 is 57.5 Å². The molecule has 0 unspecified atom stereocenters. The van der Waals surface area contributed by atoms with E-state index in [9.17, 15) is 30.0 Å². The summed E-state index contributed by atoms with van der Waals surface area (Å²) in [6.45, 7) is 10.7. The monoisotopic (exact) mass is 490 g/mol. The first-order chi connectivity index (χ1) is 16.1. The number of hydrogen-bond donors (Lipinski definition) is 4. The first-order valence-corrected chi connectivity index (χ1v) is 13.0. The highest BCUT2D eigenvalue weighted by Crippen LogP contribution is 2.70. The Balaban J connectivity index is 1.85. The lowest BCUT2D eigenvalue weighted by atomic mass is 9.42. The quantitative estimate of drug-likeness (QED) is 0.271. The van der Waals surface area contributed by atoms with Crippen LogP contribution in [0.4, 0.5) is 0 Å². The molecule has 0 aromatic heterocycles. The van der Waals surface area contributed by atoms with Crippen LogP contribution in [0.15, 0.2) is 23.3 Å². The third-order valence-electron chi connectivity index (χ3n) is 10.7. The van der Waals surface area contributed by atoms with E-state index in [1.165, 1.54) is 13.0 Å². The number of aliphatic hydroxyl groups is 4. The minimum Gasteiger partial charge on any atom is -0.458 e. The molecular formula is C28H42O7. The maximum Gasteiger partial charge on any atom is 0.330 e. The van der Waals surface area contributed by atoms with Crippen LogP contribution in [0.25, 0.3) is 0 Å². The lowest BCUT2D eigenvalue weighted by Crippen LogP contribution is -2.78. The van der Waals surface area contributed by atoms with Crippen LogP contribution >= 0.6 is 0 Å². The number of Topliss-reactive ketones (excluding diaryl/α,β-unsaturated/α-hetero) is 1. The van der Waals surface area contributed by atoms with Gasteiger partial charge in [-0.05, 0) is 77.0 Å². The third-order valence-corrected chi connectivity index (χ3v) is 10.7. The van der Waals surface area contributed by atoms with Crippen molar-refractivity contribution in [1.29, 1.82) is 0 Å². The van der Waals surface area contributed by atoms with E-state index in [2.05, 4.69) is 6.92 Å². The number of esters is 1. The van der Waals surface area contributed by atoms with Gasteiger partial charge in [0.05, 0.1) is 11.5 Å². The summed E-state index contributed by atoms with van der Waals surface area (Å²) >= 11 is 0. The van der Waals surface area contributed by atoms with Gasteiger partial charge in [0.2, 0.25) is 0 Å². The molecule has 0 spiro atoms. The van der Waals surface area contributed by atoms with Crippen molar-refractivity contribution in [1.82, 2.24) is 0 Å². The summed E-state index contributed by atoms with van der Waals surface area (Å²) < 4.78 is 6.01. The van der Waals surface area contributed by atoms with Crippen LogP contribution in [-0.2, 0) is 14.3 Å². The Hall–Kier alpha value is -1.54. The fraction of sp³-hybridized carbons (Fsp3) is 0.786. The fourth-order valence-corrected chi connectivity index (χ4v) is 7.90. The van der Waals surface area contributed by atoms with Crippen molar-refractivity contribution in [2.45, 2.75) is 115 Å². The van der Waals surface area contributed by atoms with Crippen molar-refractivity contribution in [3.8, 4) is 0 Å². The molecule has 7 nitrogen and oxygen atoms in total. The number of carbonyl (C=O) groups excluding carboxylic acids is 2. The molecule has 4 aliphatic carbocycles. The van der Waals surface area contributed by atoms with Crippen molar-refractivity contribution in [2.75, 3.05) is 0 Å². The van der Waals surface area contributed by atoms with Gasteiger partial charge in [-0.2, -0.15) is 0 Å². The first kappa shape index (κ1) is 26.5. The van der Waals surface area contributed by atoms with Gasteiger partial charge in [-0.15, -0.1) is 0 Å². The average Bonchev–Trinajstić information content (AvgIpc) is 3.00. The highest BCUT2D eigenvalue weighted by Gasteiger charge is 2.81. The van der Waals surface area contributed by atoms with Gasteiger partial charge in [0.1, 0.15) is 22.9 Å². The molecule has 4 N–H and O–H groups in total. The summed E-state index contributed by atoms with van der Waals surface area (Å²) in [5.74, 6) is -1.41. The van der Waals surface area contributed by atoms with Gasteiger partial charge < -0.3 is 25.2 Å². The predicted octanol–water partition coefficient (Wildman–Crippen LogP) is 2.98. The summed E-state index contributed by atoms with van der Waals surface area (Å²) in [4.78, 5) is 25.9. The molecule has 0 radical (unpaired) electrons. The smallest absolute Gasteiger partial charge is 0.330 e. The number of hydrogen-bond acceptors (Lipinski definition) is 7. The summed E-state index contributed by atoms with van der Waals surface area (Å²) in [6, 6.07) is 0. The Morgan fingerprint density at radius 1 is 1.11 bits per heavy atom. The molecular weight excluding hydrogens is 448 g/mol. The minimum atomic E-state index is -1.95. The van der Waals surface area contributed by atoms with Crippen molar-refractivity contribution in [3.63, 3.8) is 0 Å². The van der Waals surface area contributed by atoms with Crippen molar-refractivity contribution >= 4 is 11.8 Å². The summed E-state index contributed by atoms with van der Waals surface area (Å²) in [5, 5.41) is 46.7. The van der Waals surface area contributed by atoms with Crippen LogP contribution in [0.2, 0.25) is 0 Å². The van der Waals surface area contributed by atoms with Crippen LogP contribution < -0.4 is 0 Å². The largest absolute Gasteiger partial charge is 0.458 e. The number of ether oxygens (including phenoxy) is 1. The van der Waals surface area contributed by atoms with Crippen LogP contribution in [0, 0.1) is 22.7 Å². The molecule has 0 amide bonds. The minimum absolute atomic E-state index is 0.0172. The molecule has 35 heavy (non-hydrogen) atoms. The molecule has 4 rings (SSSR count). The number of allylic oxidation sites excluding steroid dienone is 1. The lowest BCUT2D eigenvalue weighted by molar-refractivity contribution is -0.314. The number of ketones is 1. The molecule has 0 heterocycles. The van der Waals surface area contributed by atoms with Crippen LogP contribution in [0.3, 0.4) is 0 Å². The highest BCUT2D eigenvalue weighted by molar-refractivity contribution is 5.87. The van der Waals surface area contributed by atoms with Gasteiger partial charge in [-0.25, -0.2) is 4.79 Å². The molecule has 7 heteroatoms. The van der Waals surface area contributed by atoms with Gasteiger partial charge in [0, 0.05) is 12.0 Å². The van der Waals surface area contributed by atoms with Crippen molar-refractivity contribution < 1.29 is 34.8 Å². The zero-order valence-corrected chi connectivity index (χ0v) is 21.9. The molecule has 0 bridgehead atoms. The molecule has 0 saturated heterocycles. The molecule has 3 fully saturated rings. The Kier molecular flexibility index (Phi) is 6.24. The second-order valence-corrected chi connectivity index (χ2v) is 12.4. The Bertz CT molecular complexity index is 984. The number of aliphatic hydroxyl groups excluding tert-OH is 1. The van der Waals surface area contributed by atoms with Crippen molar-refractivity contribution in [2.24, 2.45) is 22.7 Å². The Morgan fingerprint density at radius 3 is 2.37 bits per heavy atom. The second-order valence-electron chi connectivity index (χ2n) is 12.4. The van der Waals surface area contributed by atoms with Crippen LogP contribution in [0.5, 0.6) is 0 Å². The van der Waals surface area contributed by atoms with E-state index in [1.807, 2.05) is 26.8 Å². The van der Waals surface area contributed by atoms with Gasteiger partial charge >= 0.3 is 5.97 Å².